The molecule has 0 aliphatic rings. The van der Waals surface area contributed by atoms with Crippen molar-refractivity contribution in [2.45, 2.75) is 0 Å². The maximum absolute atomic E-state index is 11.4. The first-order chi connectivity index (χ1) is 6.52. The zero-order valence-corrected chi connectivity index (χ0v) is 8.74. The highest BCUT2D eigenvalue weighted by molar-refractivity contribution is 9.10. The monoisotopic (exact) mass is 254 g/mol. The van der Waals surface area contributed by atoms with Gasteiger partial charge in [-0.15, -0.1) is 0 Å². The highest BCUT2D eigenvalue weighted by Gasteiger charge is 2.15. The van der Waals surface area contributed by atoms with Gasteiger partial charge in [0.15, 0.2) is 5.78 Å². The van der Waals surface area contributed by atoms with Crippen molar-refractivity contribution in [1.29, 1.82) is 0 Å². The molecule has 0 bridgehead atoms. The van der Waals surface area contributed by atoms with E-state index in [0.29, 0.717) is 5.56 Å². The number of Topliss-reactive ketones (excluding diaryl/α,β-unsaturated/α-hetero) is 1. The lowest BCUT2D eigenvalue weighted by Crippen LogP contribution is -2.10. The molecule has 0 aromatic heterocycles. The topological polar surface area (TPSA) is 54.4 Å². The summed E-state index contributed by atoms with van der Waals surface area (Å²) in [4.78, 5) is 21.9. The third-order valence-corrected chi connectivity index (χ3v) is 2.17. The molecule has 0 unspecified atom stereocenters. The first kappa shape index (κ1) is 10.7. The number of hydrogen-bond acceptors (Lipinski definition) is 2. The Morgan fingerprint density at radius 1 is 1.21 bits per heavy atom. The largest absolute Gasteiger partial charge is 0.478 e. The minimum atomic E-state index is -1.29. The van der Waals surface area contributed by atoms with Crippen molar-refractivity contribution >= 4 is 27.7 Å². The number of hydrogen-bond donors (Lipinski definition) is 1. The van der Waals surface area contributed by atoms with E-state index < -0.39 is 17.3 Å². The van der Waals surface area contributed by atoms with Gasteiger partial charge in [-0.2, -0.15) is 0 Å². The molecule has 1 aromatic carbocycles. The third kappa shape index (κ3) is 2.29. The van der Waals surface area contributed by atoms with Gasteiger partial charge in [0, 0.05) is 10.0 Å². The van der Waals surface area contributed by atoms with Crippen LogP contribution in [0.2, 0.25) is 0 Å². The average molecular weight is 255 g/mol. The lowest BCUT2D eigenvalue weighted by Gasteiger charge is -1.99. The van der Waals surface area contributed by atoms with E-state index >= 15 is 0 Å². The van der Waals surface area contributed by atoms with Crippen LogP contribution in [0.4, 0.5) is 0 Å². The molecule has 0 radical (unpaired) electrons. The summed E-state index contributed by atoms with van der Waals surface area (Å²) in [6.07, 6.45) is 0. The Balaban J connectivity index is 2.96. The van der Waals surface area contributed by atoms with E-state index in [1.54, 1.807) is 24.3 Å². The highest BCUT2D eigenvalue weighted by Crippen LogP contribution is 2.13. The Bertz CT molecular complexity index is 392. The van der Waals surface area contributed by atoms with Gasteiger partial charge in [0.05, 0.1) is 0 Å². The second kappa shape index (κ2) is 4.19. The third-order valence-electron chi connectivity index (χ3n) is 1.64. The highest BCUT2D eigenvalue weighted by atomic mass is 79.9. The molecular formula is C10H7BrO3. The first-order valence-electron chi connectivity index (χ1n) is 3.75. The number of halogens is 1. The van der Waals surface area contributed by atoms with Crippen molar-refractivity contribution < 1.29 is 14.7 Å². The summed E-state index contributed by atoms with van der Waals surface area (Å²) in [6.45, 7) is 3.19. The molecule has 0 spiro atoms. The van der Waals surface area contributed by atoms with Crippen LogP contribution in [0.3, 0.4) is 0 Å². The maximum Gasteiger partial charge on any atom is 0.339 e. The smallest absolute Gasteiger partial charge is 0.339 e. The van der Waals surface area contributed by atoms with Crippen LogP contribution in [0, 0.1) is 0 Å². The number of ketones is 1. The molecule has 0 fully saturated rings. The van der Waals surface area contributed by atoms with Crippen molar-refractivity contribution in [3.05, 3.63) is 46.5 Å². The zero-order chi connectivity index (χ0) is 10.7. The van der Waals surface area contributed by atoms with Gasteiger partial charge in [-0.05, 0) is 24.3 Å². The van der Waals surface area contributed by atoms with Crippen LogP contribution in [0.5, 0.6) is 0 Å². The Morgan fingerprint density at radius 3 is 2.14 bits per heavy atom. The molecule has 1 aromatic rings. The standard InChI is InChI=1S/C10H7BrO3/c1-6(10(13)14)9(12)7-2-4-8(11)5-3-7/h2-5H,1H2,(H,13,14). The summed E-state index contributed by atoms with van der Waals surface area (Å²) in [6, 6.07) is 6.42. The van der Waals surface area contributed by atoms with Gasteiger partial charge in [0.25, 0.3) is 0 Å². The molecule has 0 saturated heterocycles. The summed E-state index contributed by atoms with van der Waals surface area (Å²) >= 11 is 3.21. The lowest BCUT2D eigenvalue weighted by atomic mass is 10.1. The van der Waals surface area contributed by atoms with Gasteiger partial charge < -0.3 is 5.11 Å². The molecule has 3 nitrogen and oxygen atoms in total. The summed E-state index contributed by atoms with van der Waals surface area (Å²) in [7, 11) is 0. The fraction of sp³-hybridized carbons (Fsp3) is 0. The number of carbonyl (C=O) groups excluding carboxylic acids is 1. The number of carboxylic acid groups (broad SMARTS) is 1. The maximum atomic E-state index is 11.4. The van der Waals surface area contributed by atoms with E-state index in [9.17, 15) is 9.59 Å². The Labute approximate surface area is 89.2 Å². The van der Waals surface area contributed by atoms with E-state index in [4.69, 9.17) is 5.11 Å². The van der Waals surface area contributed by atoms with Crippen LogP contribution in [0.15, 0.2) is 40.9 Å². The van der Waals surface area contributed by atoms with Gasteiger partial charge in [-0.1, -0.05) is 22.5 Å². The molecule has 72 valence electrons. The summed E-state index contributed by atoms with van der Waals surface area (Å²) in [5.74, 6) is -1.86. The van der Waals surface area contributed by atoms with Gasteiger partial charge in [-0.25, -0.2) is 4.79 Å². The Hall–Kier alpha value is -1.42. The number of benzene rings is 1. The van der Waals surface area contributed by atoms with Gasteiger partial charge in [0.1, 0.15) is 5.57 Å². The van der Waals surface area contributed by atoms with Crippen molar-refractivity contribution in [3.8, 4) is 0 Å². The van der Waals surface area contributed by atoms with Crippen LogP contribution in [0.25, 0.3) is 0 Å². The normalized spacial score (nSPS) is 9.50. The molecule has 14 heavy (non-hydrogen) atoms. The molecule has 0 saturated carbocycles. The lowest BCUT2D eigenvalue weighted by molar-refractivity contribution is -0.132. The zero-order valence-electron chi connectivity index (χ0n) is 7.16. The van der Waals surface area contributed by atoms with Gasteiger partial charge in [0.2, 0.25) is 0 Å². The van der Waals surface area contributed by atoms with Crippen molar-refractivity contribution in [1.82, 2.24) is 0 Å². The van der Waals surface area contributed by atoms with E-state index in [1.165, 1.54) is 0 Å². The fourth-order valence-corrected chi connectivity index (χ4v) is 1.14. The molecule has 0 aliphatic heterocycles. The first-order valence-corrected chi connectivity index (χ1v) is 4.54. The average Bonchev–Trinajstić information content (AvgIpc) is 2.16. The van der Waals surface area contributed by atoms with Crippen molar-refractivity contribution in [2.75, 3.05) is 0 Å². The van der Waals surface area contributed by atoms with E-state index in [0.717, 1.165) is 4.47 Å². The molecule has 1 rings (SSSR count). The van der Waals surface area contributed by atoms with Crippen molar-refractivity contribution in [3.63, 3.8) is 0 Å². The predicted molar refractivity (Wildman–Crippen MR) is 55.2 cm³/mol. The quantitative estimate of drug-likeness (QED) is 0.390. The molecule has 0 heterocycles. The minimum Gasteiger partial charge on any atom is -0.478 e. The molecule has 1 N–H and O–H groups in total. The Kier molecular flexibility index (Phi) is 3.19. The van der Waals surface area contributed by atoms with Crippen LogP contribution in [-0.2, 0) is 4.79 Å². The molecular weight excluding hydrogens is 248 g/mol. The minimum absolute atomic E-state index is 0.320. The molecule has 4 heteroatoms. The summed E-state index contributed by atoms with van der Waals surface area (Å²) in [5.41, 5.74) is -0.104. The second-order valence-corrected chi connectivity index (χ2v) is 3.54. The number of rotatable bonds is 3. The van der Waals surface area contributed by atoms with Crippen LogP contribution in [0.1, 0.15) is 10.4 Å². The summed E-state index contributed by atoms with van der Waals surface area (Å²) < 4.78 is 0.829. The van der Waals surface area contributed by atoms with Gasteiger partial charge >= 0.3 is 5.97 Å². The van der Waals surface area contributed by atoms with E-state index in [2.05, 4.69) is 22.5 Å². The SMILES string of the molecule is C=C(C(=O)O)C(=O)c1ccc(Br)cc1. The Morgan fingerprint density at radius 2 is 1.71 bits per heavy atom. The fourth-order valence-electron chi connectivity index (χ4n) is 0.873. The van der Waals surface area contributed by atoms with Crippen LogP contribution >= 0.6 is 15.9 Å². The summed E-state index contributed by atoms with van der Waals surface area (Å²) in [5, 5.41) is 8.54. The number of carbonyl (C=O) groups is 2. The van der Waals surface area contributed by atoms with Crippen LogP contribution in [-0.4, -0.2) is 16.9 Å². The van der Waals surface area contributed by atoms with Gasteiger partial charge in [-0.3, -0.25) is 4.79 Å². The van der Waals surface area contributed by atoms with E-state index in [-0.39, 0.29) is 0 Å². The second-order valence-electron chi connectivity index (χ2n) is 2.62. The number of aliphatic carboxylic acids is 1. The molecule has 0 aliphatic carbocycles. The van der Waals surface area contributed by atoms with Crippen molar-refractivity contribution in [2.24, 2.45) is 0 Å². The van der Waals surface area contributed by atoms with Crippen LogP contribution < -0.4 is 0 Å². The molecule has 0 atom stereocenters. The number of carboxylic acids is 1. The van der Waals surface area contributed by atoms with E-state index in [1.807, 2.05) is 0 Å². The predicted octanol–water partition coefficient (Wildman–Crippen LogP) is 2.27. The molecule has 0 amide bonds.